The SMILES string of the molecule is C=CCOC(=O)N(C)CC(=C)CC1CC(O)CN1C(=O)OCC=C. The molecule has 0 aliphatic carbocycles. The van der Waals surface area contributed by atoms with Crippen molar-refractivity contribution in [3.63, 3.8) is 0 Å². The Labute approximate surface area is 142 Å². The van der Waals surface area contributed by atoms with E-state index in [9.17, 15) is 14.7 Å². The molecule has 1 fully saturated rings. The topological polar surface area (TPSA) is 79.3 Å². The summed E-state index contributed by atoms with van der Waals surface area (Å²) in [5.41, 5.74) is 0.758. The molecule has 0 saturated carbocycles. The number of likely N-dealkylation sites (tertiary alicyclic amines) is 1. The smallest absolute Gasteiger partial charge is 0.410 e. The first-order chi connectivity index (χ1) is 11.4. The Morgan fingerprint density at radius 2 is 1.92 bits per heavy atom. The van der Waals surface area contributed by atoms with Crippen molar-refractivity contribution < 1.29 is 24.2 Å². The zero-order chi connectivity index (χ0) is 18.1. The highest BCUT2D eigenvalue weighted by atomic mass is 16.6. The predicted octanol–water partition coefficient (Wildman–Crippen LogP) is 1.94. The minimum Gasteiger partial charge on any atom is -0.445 e. The van der Waals surface area contributed by atoms with Crippen LogP contribution < -0.4 is 0 Å². The lowest BCUT2D eigenvalue weighted by atomic mass is 10.0. The highest BCUT2D eigenvalue weighted by molar-refractivity contribution is 5.69. The van der Waals surface area contributed by atoms with Crippen LogP contribution in [0.15, 0.2) is 37.5 Å². The minimum atomic E-state index is -0.589. The summed E-state index contributed by atoms with van der Waals surface area (Å²) in [5, 5.41) is 9.83. The van der Waals surface area contributed by atoms with Crippen LogP contribution >= 0.6 is 0 Å². The number of rotatable bonds is 8. The summed E-state index contributed by atoms with van der Waals surface area (Å²) in [6.45, 7) is 11.7. The second-order valence-electron chi connectivity index (χ2n) is 5.74. The van der Waals surface area contributed by atoms with Crippen LogP contribution in [0, 0.1) is 0 Å². The van der Waals surface area contributed by atoms with Gasteiger partial charge in [-0.3, -0.25) is 0 Å². The maximum absolute atomic E-state index is 12.0. The fourth-order valence-corrected chi connectivity index (χ4v) is 2.56. The number of β-amino-alcohol motifs (C(OH)–C–C–N with tert-alkyl or cyclic N) is 1. The number of likely N-dealkylation sites (N-methyl/N-ethyl adjacent to an activating group) is 1. The largest absolute Gasteiger partial charge is 0.445 e. The van der Waals surface area contributed by atoms with Crippen LogP contribution in [-0.2, 0) is 9.47 Å². The van der Waals surface area contributed by atoms with E-state index in [0.29, 0.717) is 19.4 Å². The van der Waals surface area contributed by atoms with E-state index in [1.807, 2.05) is 0 Å². The first-order valence-electron chi connectivity index (χ1n) is 7.76. The molecule has 1 rings (SSSR count). The van der Waals surface area contributed by atoms with Crippen molar-refractivity contribution in [3.05, 3.63) is 37.5 Å². The molecule has 2 atom stereocenters. The second kappa shape index (κ2) is 9.77. The van der Waals surface area contributed by atoms with Crippen LogP contribution in [0.5, 0.6) is 0 Å². The van der Waals surface area contributed by atoms with E-state index < -0.39 is 18.3 Å². The van der Waals surface area contributed by atoms with Gasteiger partial charge in [0, 0.05) is 19.6 Å². The molecule has 24 heavy (non-hydrogen) atoms. The van der Waals surface area contributed by atoms with Gasteiger partial charge >= 0.3 is 12.2 Å². The Kier molecular flexibility index (Phi) is 8.05. The van der Waals surface area contributed by atoms with E-state index in [1.165, 1.54) is 22.0 Å². The van der Waals surface area contributed by atoms with Crippen LogP contribution in [0.1, 0.15) is 12.8 Å². The Morgan fingerprint density at radius 3 is 2.54 bits per heavy atom. The van der Waals surface area contributed by atoms with E-state index in [0.717, 1.165) is 5.57 Å². The fourth-order valence-electron chi connectivity index (χ4n) is 2.56. The third kappa shape index (κ3) is 6.08. The van der Waals surface area contributed by atoms with Gasteiger partial charge in [0.25, 0.3) is 0 Å². The predicted molar refractivity (Wildman–Crippen MR) is 90.6 cm³/mol. The molecule has 7 nitrogen and oxygen atoms in total. The van der Waals surface area contributed by atoms with Crippen molar-refractivity contribution >= 4 is 12.2 Å². The zero-order valence-corrected chi connectivity index (χ0v) is 14.1. The lowest BCUT2D eigenvalue weighted by molar-refractivity contribution is 0.102. The van der Waals surface area contributed by atoms with Crippen molar-refractivity contribution in [3.8, 4) is 0 Å². The Balaban J connectivity index is 2.54. The highest BCUT2D eigenvalue weighted by Gasteiger charge is 2.35. The normalized spacial score (nSPS) is 19.5. The molecule has 1 heterocycles. The molecule has 0 aromatic rings. The number of nitrogens with zero attached hydrogens (tertiary/aromatic N) is 2. The maximum Gasteiger partial charge on any atom is 0.410 e. The van der Waals surface area contributed by atoms with Gasteiger partial charge in [0.15, 0.2) is 0 Å². The fraction of sp³-hybridized carbons (Fsp3) is 0.529. The number of hydrogen-bond donors (Lipinski definition) is 1. The van der Waals surface area contributed by atoms with Crippen LogP contribution in [-0.4, -0.2) is 72.6 Å². The van der Waals surface area contributed by atoms with E-state index in [1.54, 1.807) is 7.05 Å². The number of amides is 2. The number of carbonyl (C=O) groups excluding carboxylic acids is 2. The first kappa shape index (κ1) is 19.8. The van der Waals surface area contributed by atoms with Crippen LogP contribution in [0.25, 0.3) is 0 Å². The molecule has 2 unspecified atom stereocenters. The molecular formula is C17H26N2O5. The lowest BCUT2D eigenvalue weighted by Crippen LogP contribution is -2.37. The van der Waals surface area contributed by atoms with Gasteiger partial charge in [-0.25, -0.2) is 9.59 Å². The molecule has 2 amide bonds. The van der Waals surface area contributed by atoms with Crippen LogP contribution in [0.4, 0.5) is 9.59 Å². The average Bonchev–Trinajstić information content (AvgIpc) is 2.90. The molecule has 7 heteroatoms. The number of hydrogen-bond acceptors (Lipinski definition) is 5. The average molecular weight is 338 g/mol. The summed E-state index contributed by atoms with van der Waals surface area (Å²) in [6, 6.07) is -0.206. The number of aliphatic hydroxyl groups is 1. The van der Waals surface area contributed by atoms with E-state index >= 15 is 0 Å². The van der Waals surface area contributed by atoms with Crippen molar-refractivity contribution in [2.75, 3.05) is 33.4 Å². The second-order valence-corrected chi connectivity index (χ2v) is 5.74. The molecule has 1 N–H and O–H groups in total. The van der Waals surface area contributed by atoms with E-state index in [2.05, 4.69) is 19.7 Å². The van der Waals surface area contributed by atoms with Crippen molar-refractivity contribution in [2.45, 2.75) is 25.0 Å². The van der Waals surface area contributed by atoms with Gasteiger partial charge in [0.1, 0.15) is 13.2 Å². The van der Waals surface area contributed by atoms with E-state index in [-0.39, 0.29) is 25.8 Å². The van der Waals surface area contributed by atoms with Crippen LogP contribution in [0.3, 0.4) is 0 Å². The molecule has 1 aliphatic rings. The molecule has 0 aromatic heterocycles. The summed E-state index contributed by atoms with van der Waals surface area (Å²) in [6.07, 6.45) is 2.36. The summed E-state index contributed by atoms with van der Waals surface area (Å²) in [7, 11) is 1.61. The molecular weight excluding hydrogens is 312 g/mol. The van der Waals surface area contributed by atoms with Crippen molar-refractivity contribution in [1.82, 2.24) is 9.80 Å². The molecule has 0 radical (unpaired) electrons. The number of carbonyl (C=O) groups is 2. The Hall–Kier alpha value is -2.28. The van der Waals surface area contributed by atoms with Gasteiger partial charge in [-0.2, -0.15) is 0 Å². The minimum absolute atomic E-state index is 0.122. The summed E-state index contributed by atoms with van der Waals surface area (Å²) in [4.78, 5) is 26.6. The molecule has 1 aliphatic heterocycles. The van der Waals surface area contributed by atoms with Crippen LogP contribution in [0.2, 0.25) is 0 Å². The zero-order valence-electron chi connectivity index (χ0n) is 14.1. The lowest BCUT2D eigenvalue weighted by Gasteiger charge is -2.25. The molecule has 0 aromatic carbocycles. The quantitative estimate of drug-likeness (QED) is 0.684. The Morgan fingerprint density at radius 1 is 1.29 bits per heavy atom. The standard InChI is InChI=1S/C17H26N2O5/c1-5-7-23-16(21)18(4)11-13(3)9-14-10-15(20)12-19(14)17(22)24-8-6-2/h5-6,14-15,20H,1-3,7-12H2,4H3. The first-order valence-corrected chi connectivity index (χ1v) is 7.76. The van der Waals surface area contributed by atoms with E-state index in [4.69, 9.17) is 9.47 Å². The number of ether oxygens (including phenoxy) is 2. The summed E-state index contributed by atoms with van der Waals surface area (Å²) >= 11 is 0. The summed E-state index contributed by atoms with van der Waals surface area (Å²) in [5.74, 6) is 0. The van der Waals surface area contributed by atoms with Gasteiger partial charge < -0.3 is 24.4 Å². The van der Waals surface area contributed by atoms with Gasteiger partial charge in [-0.1, -0.05) is 37.5 Å². The number of aliphatic hydroxyl groups excluding tert-OH is 1. The highest BCUT2D eigenvalue weighted by Crippen LogP contribution is 2.24. The molecule has 1 saturated heterocycles. The third-order valence-corrected chi connectivity index (χ3v) is 3.57. The van der Waals surface area contributed by atoms with Crippen molar-refractivity contribution in [2.24, 2.45) is 0 Å². The molecule has 0 bridgehead atoms. The molecule has 134 valence electrons. The Bertz CT molecular complexity index is 491. The van der Waals surface area contributed by atoms with Gasteiger partial charge in [0.2, 0.25) is 0 Å². The van der Waals surface area contributed by atoms with Gasteiger partial charge in [0.05, 0.1) is 12.6 Å². The third-order valence-electron chi connectivity index (χ3n) is 3.57. The maximum atomic E-state index is 12.0. The monoisotopic (exact) mass is 338 g/mol. The summed E-state index contributed by atoms with van der Waals surface area (Å²) < 4.78 is 9.97. The molecule has 0 spiro atoms. The van der Waals surface area contributed by atoms with Crippen molar-refractivity contribution in [1.29, 1.82) is 0 Å². The van der Waals surface area contributed by atoms with Gasteiger partial charge in [-0.15, -0.1) is 0 Å². The van der Waals surface area contributed by atoms with Gasteiger partial charge in [-0.05, 0) is 12.8 Å².